The van der Waals surface area contributed by atoms with Crippen LogP contribution < -0.4 is 9.47 Å². The lowest BCUT2D eigenvalue weighted by Gasteiger charge is -2.35. The molecular weight excluding hydrogens is 444 g/mol. The van der Waals surface area contributed by atoms with Gasteiger partial charge in [0.2, 0.25) is 15.9 Å². The molecule has 2 aromatic carbocycles. The highest BCUT2D eigenvalue weighted by Crippen LogP contribution is 2.31. The molecule has 10 heteroatoms. The smallest absolute Gasteiger partial charge is 0.244 e. The maximum absolute atomic E-state index is 13.0. The number of fused-ring (bicyclic) bond motifs is 1. The van der Waals surface area contributed by atoms with E-state index in [2.05, 4.69) is 0 Å². The van der Waals surface area contributed by atoms with Gasteiger partial charge in [-0.05, 0) is 36.9 Å². The highest BCUT2D eigenvalue weighted by Gasteiger charge is 2.31. The zero-order chi connectivity index (χ0) is 23.4. The molecule has 1 amide bonds. The van der Waals surface area contributed by atoms with E-state index < -0.39 is 10.0 Å². The Labute approximate surface area is 193 Å². The maximum Gasteiger partial charge on any atom is 0.244 e. The number of amides is 1. The monoisotopic (exact) mass is 470 g/mol. The van der Waals surface area contributed by atoms with Crippen LogP contribution in [0.3, 0.4) is 0 Å². The van der Waals surface area contributed by atoms with Crippen LogP contribution in [0.1, 0.15) is 11.1 Å². The number of hydrogen-bond acceptors (Lipinski definition) is 7. The van der Waals surface area contributed by atoms with Crippen molar-refractivity contribution in [1.82, 2.24) is 14.1 Å². The van der Waals surface area contributed by atoms with Crippen molar-refractivity contribution in [3.8, 4) is 17.6 Å². The molecule has 2 aromatic rings. The van der Waals surface area contributed by atoms with Crippen LogP contribution in [0.4, 0.5) is 0 Å². The van der Waals surface area contributed by atoms with Gasteiger partial charge in [-0.2, -0.15) is 9.57 Å². The number of nitrogens with zero attached hydrogens (tertiary/aromatic N) is 4. The van der Waals surface area contributed by atoms with Gasteiger partial charge in [0.1, 0.15) is 19.3 Å². The molecule has 2 aliphatic heterocycles. The molecule has 9 nitrogen and oxygen atoms in total. The van der Waals surface area contributed by atoms with Crippen molar-refractivity contribution in [3.05, 3.63) is 53.6 Å². The van der Waals surface area contributed by atoms with Crippen LogP contribution in [-0.4, -0.2) is 81.4 Å². The summed E-state index contributed by atoms with van der Waals surface area (Å²) in [5.41, 5.74) is 1.14. The average molecular weight is 471 g/mol. The average Bonchev–Trinajstić information content (AvgIpc) is 2.84. The van der Waals surface area contributed by atoms with E-state index in [1.807, 2.05) is 36.2 Å². The molecule has 0 aromatic heterocycles. The molecule has 2 heterocycles. The molecule has 1 saturated heterocycles. The second-order valence-corrected chi connectivity index (χ2v) is 9.95. The van der Waals surface area contributed by atoms with Gasteiger partial charge in [-0.1, -0.05) is 18.2 Å². The number of likely N-dealkylation sites (N-methyl/N-ethyl adjacent to an activating group) is 1. The zero-order valence-corrected chi connectivity index (χ0v) is 19.3. The van der Waals surface area contributed by atoms with Gasteiger partial charge in [0, 0.05) is 32.7 Å². The van der Waals surface area contributed by atoms with Crippen molar-refractivity contribution in [2.75, 3.05) is 53.0 Å². The predicted molar refractivity (Wildman–Crippen MR) is 120 cm³/mol. The van der Waals surface area contributed by atoms with Crippen LogP contribution >= 0.6 is 0 Å². The number of benzene rings is 2. The third kappa shape index (κ3) is 5.11. The Morgan fingerprint density at radius 3 is 2.48 bits per heavy atom. The lowest BCUT2D eigenvalue weighted by Crippen LogP contribution is -2.52. The van der Waals surface area contributed by atoms with Gasteiger partial charge in [0.15, 0.2) is 11.5 Å². The predicted octanol–water partition coefficient (Wildman–Crippen LogP) is 1.29. The Morgan fingerprint density at radius 2 is 1.76 bits per heavy atom. The van der Waals surface area contributed by atoms with Gasteiger partial charge in [-0.15, -0.1) is 0 Å². The number of sulfonamides is 1. The molecule has 0 bridgehead atoms. The zero-order valence-electron chi connectivity index (χ0n) is 18.4. The van der Waals surface area contributed by atoms with Crippen LogP contribution in [-0.2, 0) is 21.4 Å². The standard InChI is InChI=1S/C23H26N4O5S/c1-25(16-18-6-7-20-21(14-18)32-13-12-31-20)17-23(28)26-8-10-27(11-9-26)33(29,30)22-5-3-2-4-19(22)15-24/h2-7,14H,8-13,16-17H2,1H3. The van der Waals surface area contributed by atoms with E-state index in [0.717, 1.165) is 11.3 Å². The van der Waals surface area contributed by atoms with E-state index in [1.165, 1.54) is 16.4 Å². The van der Waals surface area contributed by atoms with E-state index in [1.54, 1.807) is 17.0 Å². The second kappa shape index (κ2) is 9.79. The fraction of sp³-hybridized carbons (Fsp3) is 0.391. The Balaban J connectivity index is 1.31. The van der Waals surface area contributed by atoms with Crippen LogP contribution in [0.25, 0.3) is 0 Å². The number of carbonyl (C=O) groups is 1. The summed E-state index contributed by atoms with van der Waals surface area (Å²) in [6.07, 6.45) is 0. The number of carbonyl (C=O) groups excluding carboxylic acids is 1. The van der Waals surface area contributed by atoms with Crippen LogP contribution in [0.2, 0.25) is 0 Å². The molecule has 0 spiro atoms. The summed E-state index contributed by atoms with van der Waals surface area (Å²) in [5, 5.41) is 9.24. The minimum Gasteiger partial charge on any atom is -0.486 e. The van der Waals surface area contributed by atoms with Crippen LogP contribution in [0, 0.1) is 11.3 Å². The van der Waals surface area contributed by atoms with E-state index in [0.29, 0.717) is 38.6 Å². The normalized spacial score (nSPS) is 16.5. The van der Waals surface area contributed by atoms with Gasteiger partial charge in [0.05, 0.1) is 17.0 Å². The minimum absolute atomic E-state index is 0.00596. The largest absolute Gasteiger partial charge is 0.486 e. The fourth-order valence-electron chi connectivity index (χ4n) is 3.99. The van der Waals surface area contributed by atoms with Crippen molar-refractivity contribution in [2.45, 2.75) is 11.4 Å². The summed E-state index contributed by atoms with van der Waals surface area (Å²) in [6, 6.07) is 13.9. The van der Waals surface area contributed by atoms with Gasteiger partial charge < -0.3 is 14.4 Å². The third-order valence-electron chi connectivity index (χ3n) is 5.68. The molecular formula is C23H26N4O5S. The molecule has 0 N–H and O–H groups in total. The first-order valence-electron chi connectivity index (χ1n) is 10.7. The van der Waals surface area contributed by atoms with Crippen molar-refractivity contribution in [3.63, 3.8) is 0 Å². The Bertz CT molecular complexity index is 1170. The van der Waals surface area contributed by atoms with Crippen LogP contribution in [0.15, 0.2) is 47.4 Å². The quantitative estimate of drug-likeness (QED) is 0.627. The lowest BCUT2D eigenvalue weighted by atomic mass is 10.2. The SMILES string of the molecule is CN(CC(=O)N1CCN(S(=O)(=O)c2ccccc2C#N)CC1)Cc1ccc2c(c1)OCCO2. The summed E-state index contributed by atoms with van der Waals surface area (Å²) >= 11 is 0. The summed E-state index contributed by atoms with van der Waals surface area (Å²) in [4.78, 5) is 16.4. The highest BCUT2D eigenvalue weighted by atomic mass is 32.2. The van der Waals surface area contributed by atoms with Crippen molar-refractivity contribution in [1.29, 1.82) is 5.26 Å². The number of piperazine rings is 1. The molecule has 0 unspecified atom stereocenters. The van der Waals surface area contributed by atoms with Crippen molar-refractivity contribution in [2.24, 2.45) is 0 Å². The topological polar surface area (TPSA) is 103 Å². The van der Waals surface area contributed by atoms with E-state index in [-0.39, 0.29) is 36.0 Å². The van der Waals surface area contributed by atoms with E-state index in [9.17, 15) is 18.5 Å². The number of rotatable bonds is 6. The van der Waals surface area contributed by atoms with Crippen molar-refractivity contribution >= 4 is 15.9 Å². The maximum atomic E-state index is 13.0. The van der Waals surface area contributed by atoms with Crippen LogP contribution in [0.5, 0.6) is 11.5 Å². The highest BCUT2D eigenvalue weighted by molar-refractivity contribution is 7.89. The van der Waals surface area contributed by atoms with E-state index in [4.69, 9.17) is 9.47 Å². The van der Waals surface area contributed by atoms with Gasteiger partial charge >= 0.3 is 0 Å². The molecule has 0 radical (unpaired) electrons. The number of nitriles is 1. The first kappa shape index (κ1) is 23.0. The first-order valence-corrected chi connectivity index (χ1v) is 12.2. The van der Waals surface area contributed by atoms with E-state index >= 15 is 0 Å². The Morgan fingerprint density at radius 1 is 1.06 bits per heavy atom. The molecule has 0 saturated carbocycles. The summed E-state index contributed by atoms with van der Waals surface area (Å²) in [6.45, 7) is 2.86. The first-order chi connectivity index (χ1) is 15.9. The Kier molecular flexibility index (Phi) is 6.83. The van der Waals surface area contributed by atoms with Gasteiger partial charge in [-0.3, -0.25) is 9.69 Å². The lowest BCUT2D eigenvalue weighted by molar-refractivity contribution is -0.133. The molecule has 33 heavy (non-hydrogen) atoms. The van der Waals surface area contributed by atoms with Gasteiger partial charge in [0.25, 0.3) is 0 Å². The molecule has 1 fully saturated rings. The van der Waals surface area contributed by atoms with Crippen molar-refractivity contribution < 1.29 is 22.7 Å². The molecule has 2 aliphatic rings. The molecule has 174 valence electrons. The summed E-state index contributed by atoms with van der Waals surface area (Å²) in [5.74, 6) is 1.40. The number of ether oxygens (including phenoxy) is 2. The minimum atomic E-state index is -3.78. The molecule has 4 rings (SSSR count). The summed E-state index contributed by atoms with van der Waals surface area (Å²) < 4.78 is 38.4. The summed E-state index contributed by atoms with van der Waals surface area (Å²) in [7, 11) is -1.92. The molecule has 0 aliphatic carbocycles. The third-order valence-corrected chi connectivity index (χ3v) is 7.64. The number of hydrogen-bond donors (Lipinski definition) is 0. The fourth-order valence-corrected chi connectivity index (χ4v) is 5.55. The second-order valence-electron chi connectivity index (χ2n) is 8.04. The molecule has 0 atom stereocenters. The van der Waals surface area contributed by atoms with Gasteiger partial charge in [-0.25, -0.2) is 8.42 Å². The Hall–Kier alpha value is -3.13.